The number of sulfonamides is 1. The first kappa shape index (κ1) is 19.5. The molecular formula is C16H20ClN3O4S. The highest BCUT2D eigenvalue weighted by atomic mass is 35.5. The first-order chi connectivity index (χ1) is 11.5. The number of hydrogen-bond acceptors (Lipinski definition) is 5. The van der Waals surface area contributed by atoms with Gasteiger partial charge in [0.1, 0.15) is 12.0 Å². The highest BCUT2D eigenvalue weighted by Crippen LogP contribution is 2.18. The molecule has 1 amide bonds. The van der Waals surface area contributed by atoms with Gasteiger partial charge in [-0.2, -0.15) is 4.31 Å². The SMILES string of the molecule is Cl.NCc1cc(C(=O)N2CCN(S(=O)(=O)c3ccccc3)CC2)co1. The summed E-state index contributed by atoms with van der Waals surface area (Å²) in [5, 5.41) is 0. The molecule has 7 nitrogen and oxygen atoms in total. The fraction of sp³-hybridized carbons (Fsp3) is 0.312. The van der Waals surface area contributed by atoms with Gasteiger partial charge >= 0.3 is 0 Å². The number of carbonyl (C=O) groups is 1. The molecule has 0 bridgehead atoms. The zero-order chi connectivity index (χ0) is 17.2. The van der Waals surface area contributed by atoms with Crippen molar-refractivity contribution in [3.8, 4) is 0 Å². The van der Waals surface area contributed by atoms with E-state index in [1.54, 1.807) is 41.3 Å². The van der Waals surface area contributed by atoms with Gasteiger partial charge in [-0.25, -0.2) is 8.42 Å². The van der Waals surface area contributed by atoms with Crippen molar-refractivity contribution in [2.24, 2.45) is 5.73 Å². The average molecular weight is 386 g/mol. The van der Waals surface area contributed by atoms with Crippen LogP contribution in [0.5, 0.6) is 0 Å². The third kappa shape index (κ3) is 4.04. The van der Waals surface area contributed by atoms with Crippen LogP contribution in [0.25, 0.3) is 0 Å². The van der Waals surface area contributed by atoms with Crippen LogP contribution in [-0.4, -0.2) is 49.7 Å². The van der Waals surface area contributed by atoms with Crippen LogP contribution in [0.3, 0.4) is 0 Å². The summed E-state index contributed by atoms with van der Waals surface area (Å²) in [6, 6.07) is 9.94. The molecule has 0 radical (unpaired) electrons. The van der Waals surface area contributed by atoms with Gasteiger partial charge in [0.2, 0.25) is 10.0 Å². The smallest absolute Gasteiger partial charge is 0.257 e. The van der Waals surface area contributed by atoms with Crippen molar-refractivity contribution in [3.05, 3.63) is 54.0 Å². The van der Waals surface area contributed by atoms with Crippen LogP contribution >= 0.6 is 12.4 Å². The molecule has 1 aliphatic rings. The molecule has 0 spiro atoms. The molecule has 0 unspecified atom stereocenters. The minimum atomic E-state index is -3.52. The lowest BCUT2D eigenvalue weighted by Gasteiger charge is -2.33. The summed E-state index contributed by atoms with van der Waals surface area (Å²) in [5.74, 6) is 0.374. The lowest BCUT2D eigenvalue weighted by molar-refractivity contribution is 0.0697. The number of halogens is 1. The third-order valence-corrected chi connectivity index (χ3v) is 5.92. The largest absolute Gasteiger partial charge is 0.467 e. The van der Waals surface area contributed by atoms with Crippen LogP contribution in [0, 0.1) is 0 Å². The van der Waals surface area contributed by atoms with Crippen molar-refractivity contribution in [1.29, 1.82) is 0 Å². The Balaban J connectivity index is 0.00000225. The van der Waals surface area contributed by atoms with Gasteiger partial charge in [0.05, 0.1) is 17.0 Å². The lowest BCUT2D eigenvalue weighted by Crippen LogP contribution is -2.50. The van der Waals surface area contributed by atoms with Gasteiger partial charge in [-0.05, 0) is 18.2 Å². The van der Waals surface area contributed by atoms with E-state index in [9.17, 15) is 13.2 Å². The van der Waals surface area contributed by atoms with Gasteiger partial charge < -0.3 is 15.1 Å². The number of nitrogens with two attached hydrogens (primary N) is 1. The Labute approximate surface area is 152 Å². The Morgan fingerprint density at radius 3 is 2.32 bits per heavy atom. The highest BCUT2D eigenvalue weighted by Gasteiger charge is 2.30. The number of amides is 1. The first-order valence-electron chi connectivity index (χ1n) is 7.64. The number of furan rings is 1. The third-order valence-electron chi connectivity index (χ3n) is 4.01. The molecule has 0 saturated carbocycles. The summed E-state index contributed by atoms with van der Waals surface area (Å²) >= 11 is 0. The average Bonchev–Trinajstić information content (AvgIpc) is 3.11. The number of benzene rings is 1. The van der Waals surface area contributed by atoms with Crippen molar-refractivity contribution in [2.45, 2.75) is 11.4 Å². The van der Waals surface area contributed by atoms with Crippen molar-refractivity contribution in [3.63, 3.8) is 0 Å². The van der Waals surface area contributed by atoms with E-state index in [1.807, 2.05) is 0 Å². The van der Waals surface area contributed by atoms with Crippen molar-refractivity contribution in [2.75, 3.05) is 26.2 Å². The Morgan fingerprint density at radius 2 is 1.76 bits per heavy atom. The molecule has 1 aromatic carbocycles. The van der Waals surface area contributed by atoms with E-state index in [0.717, 1.165) is 0 Å². The zero-order valence-corrected chi connectivity index (χ0v) is 15.1. The molecule has 0 atom stereocenters. The van der Waals surface area contributed by atoms with E-state index in [0.29, 0.717) is 24.4 Å². The van der Waals surface area contributed by atoms with E-state index in [1.165, 1.54) is 10.6 Å². The molecule has 3 rings (SSSR count). The fourth-order valence-corrected chi connectivity index (χ4v) is 4.10. The maximum atomic E-state index is 12.6. The molecule has 1 aliphatic heterocycles. The van der Waals surface area contributed by atoms with E-state index in [2.05, 4.69) is 0 Å². The molecule has 2 aromatic rings. The molecule has 1 aromatic heterocycles. The standard InChI is InChI=1S/C16H19N3O4S.ClH/c17-11-14-10-13(12-23-14)16(20)18-6-8-19(9-7-18)24(21,22)15-4-2-1-3-5-15;/h1-5,10,12H,6-9,11,17H2;1H. The van der Waals surface area contributed by atoms with Crippen LogP contribution in [0.2, 0.25) is 0 Å². The molecule has 2 N–H and O–H groups in total. The predicted octanol–water partition coefficient (Wildman–Crippen LogP) is 1.31. The molecular weight excluding hydrogens is 366 g/mol. The molecule has 1 saturated heterocycles. The summed E-state index contributed by atoms with van der Waals surface area (Å²) in [4.78, 5) is 14.3. The molecule has 9 heteroatoms. The van der Waals surface area contributed by atoms with Crippen molar-refractivity contribution >= 4 is 28.3 Å². The summed E-state index contributed by atoms with van der Waals surface area (Å²) in [6.45, 7) is 1.45. The van der Waals surface area contributed by atoms with Gasteiger partial charge in [0, 0.05) is 26.2 Å². The monoisotopic (exact) mass is 385 g/mol. The second-order valence-corrected chi connectivity index (χ2v) is 7.45. The van der Waals surface area contributed by atoms with Crippen LogP contribution in [0.15, 0.2) is 52.0 Å². The number of nitrogens with zero attached hydrogens (tertiary/aromatic N) is 2. The first-order valence-corrected chi connectivity index (χ1v) is 9.08. The second kappa shape index (κ2) is 8.01. The van der Waals surface area contributed by atoms with Gasteiger partial charge in [0.15, 0.2) is 0 Å². The van der Waals surface area contributed by atoms with E-state index < -0.39 is 10.0 Å². The lowest BCUT2D eigenvalue weighted by atomic mass is 10.2. The maximum Gasteiger partial charge on any atom is 0.257 e. The normalized spacial score (nSPS) is 15.6. The van der Waals surface area contributed by atoms with E-state index >= 15 is 0 Å². The van der Waals surface area contributed by atoms with Gasteiger partial charge in [-0.15, -0.1) is 12.4 Å². The van der Waals surface area contributed by atoms with Crippen LogP contribution in [-0.2, 0) is 16.6 Å². The van der Waals surface area contributed by atoms with Crippen LogP contribution in [0.1, 0.15) is 16.1 Å². The summed E-state index contributed by atoms with van der Waals surface area (Å²) in [7, 11) is -3.52. The van der Waals surface area contributed by atoms with Crippen LogP contribution < -0.4 is 5.73 Å². The van der Waals surface area contributed by atoms with Gasteiger partial charge in [-0.1, -0.05) is 18.2 Å². The zero-order valence-electron chi connectivity index (χ0n) is 13.5. The topological polar surface area (TPSA) is 96.9 Å². The molecule has 0 aliphatic carbocycles. The summed E-state index contributed by atoms with van der Waals surface area (Å²) in [5.41, 5.74) is 5.91. The van der Waals surface area contributed by atoms with E-state index in [-0.39, 0.29) is 42.8 Å². The number of rotatable bonds is 4. The minimum absolute atomic E-state index is 0. The second-order valence-electron chi connectivity index (χ2n) is 5.52. The Bertz CT molecular complexity index is 815. The molecule has 1 fully saturated rings. The Morgan fingerprint density at radius 1 is 1.12 bits per heavy atom. The van der Waals surface area contributed by atoms with E-state index in [4.69, 9.17) is 10.2 Å². The molecule has 136 valence electrons. The van der Waals surface area contributed by atoms with Gasteiger partial charge in [-0.3, -0.25) is 4.79 Å². The molecule has 25 heavy (non-hydrogen) atoms. The summed E-state index contributed by atoms with van der Waals surface area (Å²) in [6.07, 6.45) is 1.39. The summed E-state index contributed by atoms with van der Waals surface area (Å²) < 4.78 is 31.7. The van der Waals surface area contributed by atoms with Gasteiger partial charge in [0.25, 0.3) is 5.91 Å². The number of piperazine rings is 1. The highest BCUT2D eigenvalue weighted by molar-refractivity contribution is 7.89. The fourth-order valence-electron chi connectivity index (χ4n) is 2.66. The number of carbonyl (C=O) groups excluding carboxylic acids is 1. The molecule has 2 heterocycles. The predicted molar refractivity (Wildman–Crippen MR) is 95.0 cm³/mol. The Hall–Kier alpha value is -1.87. The Kier molecular flexibility index (Phi) is 6.23. The number of hydrogen-bond donors (Lipinski definition) is 1. The van der Waals surface area contributed by atoms with Crippen molar-refractivity contribution < 1.29 is 17.6 Å². The quantitative estimate of drug-likeness (QED) is 0.855. The maximum absolute atomic E-state index is 12.6. The van der Waals surface area contributed by atoms with Crippen LogP contribution in [0.4, 0.5) is 0 Å². The van der Waals surface area contributed by atoms with Crippen molar-refractivity contribution in [1.82, 2.24) is 9.21 Å². The minimum Gasteiger partial charge on any atom is -0.467 e.